The van der Waals surface area contributed by atoms with E-state index in [1.165, 1.54) is 18.2 Å². The van der Waals surface area contributed by atoms with Crippen LogP contribution in [0.3, 0.4) is 0 Å². The Kier molecular flexibility index (Phi) is 6.17. The highest BCUT2D eigenvalue weighted by atomic mass is 35.5. The lowest BCUT2D eigenvalue weighted by molar-refractivity contribution is 0.102. The van der Waals surface area contributed by atoms with Gasteiger partial charge in [-0.25, -0.2) is 8.42 Å². The number of hydrogen-bond acceptors (Lipinski definition) is 3. The molecule has 0 atom stereocenters. The Balaban J connectivity index is 1.89. The predicted molar refractivity (Wildman–Crippen MR) is 118 cm³/mol. The van der Waals surface area contributed by atoms with E-state index in [4.69, 9.17) is 23.2 Å². The molecule has 0 aromatic heterocycles. The normalized spacial score (nSPS) is 11.2. The number of amides is 1. The van der Waals surface area contributed by atoms with Gasteiger partial charge in [0.05, 0.1) is 5.02 Å². The van der Waals surface area contributed by atoms with Gasteiger partial charge in [0.15, 0.2) is 0 Å². The maximum Gasteiger partial charge on any atom is 0.263 e. The minimum Gasteiger partial charge on any atom is -0.322 e. The maximum absolute atomic E-state index is 12.8. The number of benzene rings is 3. The first-order valence-corrected chi connectivity index (χ1v) is 10.9. The zero-order valence-corrected chi connectivity index (χ0v) is 18.0. The summed E-state index contributed by atoms with van der Waals surface area (Å²) in [5.74, 6) is -0.459. The number of sulfonamides is 1. The molecule has 1 amide bonds. The van der Waals surface area contributed by atoms with Crippen LogP contribution in [0.4, 0.5) is 11.4 Å². The number of halogens is 2. The number of hydrogen-bond donors (Lipinski definition) is 2. The first kappa shape index (κ1) is 21.2. The van der Waals surface area contributed by atoms with E-state index in [1.54, 1.807) is 36.4 Å². The van der Waals surface area contributed by atoms with Crippen molar-refractivity contribution in [1.29, 1.82) is 0 Å². The van der Waals surface area contributed by atoms with Crippen LogP contribution in [0, 0.1) is 13.8 Å². The van der Waals surface area contributed by atoms with E-state index in [0.29, 0.717) is 16.4 Å². The van der Waals surface area contributed by atoms with Crippen molar-refractivity contribution >= 4 is 50.5 Å². The summed E-state index contributed by atoms with van der Waals surface area (Å²) in [6, 6.07) is 16.1. The van der Waals surface area contributed by atoms with Gasteiger partial charge in [0.25, 0.3) is 15.9 Å². The van der Waals surface area contributed by atoms with Crippen LogP contribution in [-0.2, 0) is 10.0 Å². The standard InChI is InChI=1S/C21H18Cl2N2O3S/c1-13-4-3-5-17(10-13)25-29(27,28)20-12-15(6-8-18(20)23)21(26)24-19-9-7-16(22)11-14(19)2/h3-12,25H,1-2H3,(H,24,26). The Bertz CT molecular complexity index is 1190. The minimum atomic E-state index is -3.98. The van der Waals surface area contributed by atoms with Gasteiger partial charge in [-0.3, -0.25) is 9.52 Å². The smallest absolute Gasteiger partial charge is 0.263 e. The summed E-state index contributed by atoms with van der Waals surface area (Å²) in [7, 11) is -3.98. The van der Waals surface area contributed by atoms with Gasteiger partial charge in [0, 0.05) is 22.0 Å². The Hall–Kier alpha value is -2.54. The van der Waals surface area contributed by atoms with E-state index in [1.807, 2.05) is 19.9 Å². The van der Waals surface area contributed by atoms with Crippen LogP contribution in [0.15, 0.2) is 65.6 Å². The summed E-state index contributed by atoms with van der Waals surface area (Å²) in [5.41, 5.74) is 2.84. The largest absolute Gasteiger partial charge is 0.322 e. The molecule has 0 aliphatic carbocycles. The van der Waals surface area contributed by atoms with Crippen LogP contribution in [0.5, 0.6) is 0 Å². The van der Waals surface area contributed by atoms with E-state index >= 15 is 0 Å². The van der Waals surface area contributed by atoms with Crippen molar-refractivity contribution in [2.24, 2.45) is 0 Å². The molecule has 0 spiro atoms. The maximum atomic E-state index is 12.8. The highest BCUT2D eigenvalue weighted by Gasteiger charge is 2.21. The summed E-state index contributed by atoms with van der Waals surface area (Å²) >= 11 is 12.1. The molecule has 0 bridgehead atoms. The number of carbonyl (C=O) groups excluding carboxylic acids is 1. The zero-order valence-electron chi connectivity index (χ0n) is 15.7. The van der Waals surface area contributed by atoms with Crippen LogP contribution in [0.25, 0.3) is 0 Å². The first-order valence-electron chi connectivity index (χ1n) is 8.62. The highest BCUT2D eigenvalue weighted by molar-refractivity contribution is 7.92. The number of anilines is 2. The Labute approximate surface area is 179 Å². The monoisotopic (exact) mass is 448 g/mol. The molecule has 0 radical (unpaired) electrons. The third kappa shape index (κ3) is 5.09. The van der Waals surface area contributed by atoms with Crippen LogP contribution in [-0.4, -0.2) is 14.3 Å². The lowest BCUT2D eigenvalue weighted by atomic mass is 10.1. The molecule has 0 aliphatic rings. The van der Waals surface area contributed by atoms with Crippen molar-refractivity contribution in [3.05, 3.63) is 87.4 Å². The summed E-state index contributed by atoms with van der Waals surface area (Å²) in [6.45, 7) is 3.67. The molecule has 0 unspecified atom stereocenters. The average molecular weight is 449 g/mol. The second-order valence-electron chi connectivity index (χ2n) is 6.53. The van der Waals surface area contributed by atoms with E-state index in [-0.39, 0.29) is 15.5 Å². The Morgan fingerprint density at radius 1 is 0.931 bits per heavy atom. The highest BCUT2D eigenvalue weighted by Crippen LogP contribution is 2.26. The van der Waals surface area contributed by atoms with Crippen molar-refractivity contribution in [1.82, 2.24) is 0 Å². The van der Waals surface area contributed by atoms with Gasteiger partial charge >= 0.3 is 0 Å². The fourth-order valence-electron chi connectivity index (χ4n) is 2.73. The van der Waals surface area contributed by atoms with Gasteiger partial charge in [-0.1, -0.05) is 35.3 Å². The molecule has 150 valence electrons. The van der Waals surface area contributed by atoms with Gasteiger partial charge in [-0.2, -0.15) is 0 Å². The molecule has 0 aliphatic heterocycles. The summed E-state index contributed by atoms with van der Waals surface area (Å²) in [6.07, 6.45) is 0. The molecule has 0 saturated heterocycles. The van der Waals surface area contributed by atoms with E-state index in [0.717, 1.165) is 11.1 Å². The van der Waals surface area contributed by atoms with Crippen molar-refractivity contribution in [3.63, 3.8) is 0 Å². The summed E-state index contributed by atoms with van der Waals surface area (Å²) in [5, 5.41) is 3.33. The third-order valence-electron chi connectivity index (χ3n) is 4.19. The van der Waals surface area contributed by atoms with Crippen LogP contribution >= 0.6 is 23.2 Å². The van der Waals surface area contributed by atoms with E-state index in [9.17, 15) is 13.2 Å². The third-order valence-corrected chi connectivity index (χ3v) is 6.29. The molecule has 3 aromatic rings. The molecule has 29 heavy (non-hydrogen) atoms. The van der Waals surface area contributed by atoms with Gasteiger partial charge < -0.3 is 5.32 Å². The molecule has 3 rings (SSSR count). The number of rotatable bonds is 5. The number of aryl methyl sites for hydroxylation is 2. The molecule has 5 nitrogen and oxygen atoms in total. The van der Waals surface area contributed by atoms with Crippen molar-refractivity contribution in [2.75, 3.05) is 10.0 Å². The van der Waals surface area contributed by atoms with Gasteiger partial charge in [-0.15, -0.1) is 0 Å². The molecule has 0 heterocycles. The lowest BCUT2D eigenvalue weighted by Gasteiger charge is -2.12. The molecular formula is C21H18Cl2N2O3S. The van der Waals surface area contributed by atoms with Crippen LogP contribution < -0.4 is 10.0 Å². The van der Waals surface area contributed by atoms with Gasteiger partial charge in [0.2, 0.25) is 0 Å². The van der Waals surface area contributed by atoms with Crippen molar-refractivity contribution in [2.45, 2.75) is 18.7 Å². The topological polar surface area (TPSA) is 75.3 Å². The summed E-state index contributed by atoms with van der Waals surface area (Å²) in [4.78, 5) is 12.5. The summed E-state index contributed by atoms with van der Waals surface area (Å²) < 4.78 is 28.1. The van der Waals surface area contributed by atoms with Crippen molar-refractivity contribution < 1.29 is 13.2 Å². The average Bonchev–Trinajstić information content (AvgIpc) is 2.63. The second-order valence-corrected chi connectivity index (χ2v) is 9.03. The van der Waals surface area contributed by atoms with E-state index in [2.05, 4.69) is 10.0 Å². The molecule has 3 aromatic carbocycles. The van der Waals surface area contributed by atoms with Gasteiger partial charge in [0.1, 0.15) is 4.90 Å². The fourth-order valence-corrected chi connectivity index (χ4v) is 4.53. The number of nitrogens with one attached hydrogen (secondary N) is 2. The van der Waals surface area contributed by atoms with Gasteiger partial charge in [-0.05, 0) is 73.5 Å². The molecule has 0 saturated carbocycles. The fraction of sp³-hybridized carbons (Fsp3) is 0.0952. The van der Waals surface area contributed by atoms with Crippen LogP contribution in [0.2, 0.25) is 10.0 Å². The first-order chi connectivity index (χ1) is 13.7. The van der Waals surface area contributed by atoms with Crippen molar-refractivity contribution in [3.8, 4) is 0 Å². The Morgan fingerprint density at radius 2 is 1.69 bits per heavy atom. The van der Waals surface area contributed by atoms with Crippen LogP contribution in [0.1, 0.15) is 21.5 Å². The minimum absolute atomic E-state index is 0.0179. The molecule has 0 fully saturated rings. The predicted octanol–water partition coefficient (Wildman–Crippen LogP) is 5.66. The Morgan fingerprint density at radius 3 is 2.38 bits per heavy atom. The molecule has 2 N–H and O–H groups in total. The SMILES string of the molecule is Cc1cccc(NS(=O)(=O)c2cc(C(=O)Nc3ccc(Cl)cc3C)ccc2Cl)c1. The quantitative estimate of drug-likeness (QED) is 0.528. The lowest BCUT2D eigenvalue weighted by Crippen LogP contribution is -2.17. The second kappa shape index (κ2) is 8.45. The molecule has 8 heteroatoms. The molecular weight excluding hydrogens is 431 g/mol. The van der Waals surface area contributed by atoms with E-state index < -0.39 is 15.9 Å². The number of carbonyl (C=O) groups is 1. The zero-order chi connectivity index (χ0) is 21.2.